The average molecular weight is 514 g/mol. The molecular weight excluding hydrogens is 482 g/mol. The molecule has 1 aromatic carbocycles. The third-order valence-electron chi connectivity index (χ3n) is 9.62. The van der Waals surface area contributed by atoms with Crippen LogP contribution in [-0.2, 0) is 25.6 Å². The topological polar surface area (TPSA) is 55.8 Å². The molecule has 3 aliphatic carbocycles. The molecule has 1 spiro atoms. The van der Waals surface area contributed by atoms with Crippen LogP contribution in [0.3, 0.4) is 0 Å². The highest BCUT2D eigenvalue weighted by Crippen LogP contribution is 2.67. The smallest absolute Gasteiger partial charge is 0.227 e. The molecule has 0 bridgehead atoms. The zero-order valence-electron chi connectivity index (χ0n) is 19.4. The van der Waals surface area contributed by atoms with E-state index in [1.165, 1.54) is 0 Å². The first kappa shape index (κ1) is 22.0. The Morgan fingerprint density at radius 1 is 1.09 bits per heavy atom. The van der Waals surface area contributed by atoms with E-state index < -0.39 is 5.79 Å². The van der Waals surface area contributed by atoms with Gasteiger partial charge in [0.1, 0.15) is 5.78 Å². The number of halogens is 1. The number of hydrogen-bond donors (Lipinski definition) is 0. The van der Waals surface area contributed by atoms with Crippen molar-refractivity contribution in [2.45, 2.75) is 64.7 Å². The highest BCUT2D eigenvalue weighted by Gasteiger charge is 2.69. The predicted octanol–water partition coefficient (Wildman–Crippen LogP) is 5.23. The van der Waals surface area contributed by atoms with Gasteiger partial charge in [0, 0.05) is 46.2 Å². The first-order valence-corrected chi connectivity index (χ1v) is 13.1. The molecule has 2 saturated heterocycles. The molecule has 1 amide bonds. The summed E-state index contributed by atoms with van der Waals surface area (Å²) in [5, 5.41) is 0. The van der Waals surface area contributed by atoms with Gasteiger partial charge in [-0.1, -0.05) is 48.0 Å². The number of rotatable bonds is 2. The fourth-order valence-corrected chi connectivity index (χ4v) is 8.37. The summed E-state index contributed by atoms with van der Waals surface area (Å²) in [5.41, 5.74) is 1.62. The monoisotopic (exact) mass is 513 g/mol. The average Bonchev–Trinajstić information content (AvgIpc) is 3.37. The van der Waals surface area contributed by atoms with Gasteiger partial charge in [-0.05, 0) is 48.8 Å². The van der Waals surface area contributed by atoms with Crippen molar-refractivity contribution in [3.8, 4) is 0 Å². The van der Waals surface area contributed by atoms with Gasteiger partial charge in [-0.15, -0.1) is 0 Å². The molecule has 0 radical (unpaired) electrons. The van der Waals surface area contributed by atoms with Crippen molar-refractivity contribution >= 4 is 27.6 Å². The Morgan fingerprint density at radius 2 is 1.82 bits per heavy atom. The second kappa shape index (κ2) is 7.50. The molecule has 2 unspecified atom stereocenters. The fourth-order valence-electron chi connectivity index (χ4n) is 8.11. The molecule has 2 saturated carbocycles. The summed E-state index contributed by atoms with van der Waals surface area (Å²) in [7, 11) is 0. The molecule has 5 aliphatic rings. The van der Waals surface area contributed by atoms with Crippen LogP contribution in [0.2, 0.25) is 0 Å². The zero-order chi connectivity index (χ0) is 23.0. The molecule has 5 atom stereocenters. The van der Waals surface area contributed by atoms with E-state index in [0.717, 1.165) is 41.4 Å². The lowest BCUT2D eigenvalue weighted by Crippen LogP contribution is -2.60. The molecule has 2 aliphatic heterocycles. The maximum absolute atomic E-state index is 13.9. The minimum Gasteiger partial charge on any atom is -0.347 e. The van der Waals surface area contributed by atoms with Crippen molar-refractivity contribution in [2.75, 3.05) is 13.2 Å². The minimum absolute atomic E-state index is 0.0346. The van der Waals surface area contributed by atoms with Crippen LogP contribution < -0.4 is 0 Å². The molecule has 6 rings (SSSR count). The van der Waals surface area contributed by atoms with Crippen molar-refractivity contribution in [3.05, 3.63) is 46.1 Å². The van der Waals surface area contributed by atoms with Crippen molar-refractivity contribution in [1.82, 2.24) is 4.90 Å². The number of Topliss-reactive ketones (excluding diaryl/α,β-unsaturated/α-hetero) is 1. The normalized spacial score (nSPS) is 39.3. The van der Waals surface area contributed by atoms with Crippen LogP contribution in [0.15, 0.2) is 40.5 Å². The lowest BCUT2D eigenvalue weighted by Gasteiger charge is -2.58. The molecular formula is C27H32BrNO4. The van der Waals surface area contributed by atoms with Crippen LogP contribution in [0.5, 0.6) is 0 Å². The third kappa shape index (κ3) is 3.02. The van der Waals surface area contributed by atoms with Gasteiger partial charge >= 0.3 is 0 Å². The van der Waals surface area contributed by atoms with E-state index in [4.69, 9.17) is 9.47 Å². The Bertz CT molecular complexity index is 1030. The molecule has 4 fully saturated rings. The van der Waals surface area contributed by atoms with Crippen LogP contribution in [0, 0.1) is 28.6 Å². The minimum atomic E-state index is -0.584. The number of likely N-dealkylation sites (tertiary alicyclic amines) is 1. The maximum Gasteiger partial charge on any atom is 0.227 e. The van der Waals surface area contributed by atoms with Crippen molar-refractivity contribution in [1.29, 1.82) is 0 Å². The lowest BCUT2D eigenvalue weighted by atomic mass is 9.49. The van der Waals surface area contributed by atoms with E-state index in [1.807, 2.05) is 17.0 Å². The molecule has 6 heteroatoms. The van der Waals surface area contributed by atoms with Gasteiger partial charge in [-0.2, -0.15) is 0 Å². The Hall–Kier alpha value is -1.50. The highest BCUT2D eigenvalue weighted by atomic mass is 79.9. The summed E-state index contributed by atoms with van der Waals surface area (Å²) in [5.74, 6) is 0.586. The number of allylic oxidation sites excluding steroid dienone is 2. The van der Waals surface area contributed by atoms with E-state index in [9.17, 15) is 9.59 Å². The highest BCUT2D eigenvalue weighted by molar-refractivity contribution is 9.10. The molecule has 2 heterocycles. The largest absolute Gasteiger partial charge is 0.347 e. The van der Waals surface area contributed by atoms with Gasteiger partial charge in [0.05, 0.1) is 19.8 Å². The summed E-state index contributed by atoms with van der Waals surface area (Å²) in [6.07, 6.45) is 6.83. The van der Waals surface area contributed by atoms with Gasteiger partial charge in [0.15, 0.2) is 5.79 Å². The molecule has 0 aromatic heterocycles. The van der Waals surface area contributed by atoms with Crippen LogP contribution in [0.1, 0.15) is 57.9 Å². The van der Waals surface area contributed by atoms with Crippen molar-refractivity contribution in [2.24, 2.45) is 28.6 Å². The Balaban J connectivity index is 1.35. The third-order valence-corrected chi connectivity index (χ3v) is 10.1. The number of fused-ring (bicyclic) bond motifs is 6. The summed E-state index contributed by atoms with van der Waals surface area (Å²) >= 11 is 3.49. The van der Waals surface area contributed by atoms with Gasteiger partial charge in [-0.25, -0.2) is 0 Å². The quantitative estimate of drug-likeness (QED) is 0.543. The van der Waals surface area contributed by atoms with Crippen molar-refractivity contribution in [3.63, 3.8) is 0 Å². The van der Waals surface area contributed by atoms with E-state index in [1.54, 1.807) is 0 Å². The zero-order valence-corrected chi connectivity index (χ0v) is 21.0. The fraction of sp³-hybridized carbons (Fsp3) is 0.630. The number of nitrogens with zero attached hydrogens (tertiary/aromatic N) is 1. The maximum atomic E-state index is 13.9. The molecule has 33 heavy (non-hydrogen) atoms. The number of carbonyl (C=O) groups excluding carboxylic acids is 2. The summed E-state index contributed by atoms with van der Waals surface area (Å²) in [6.45, 7) is 6.28. The Morgan fingerprint density at radius 3 is 2.55 bits per heavy atom. The first-order chi connectivity index (χ1) is 15.8. The molecule has 1 aromatic rings. The van der Waals surface area contributed by atoms with Gasteiger partial charge in [0.2, 0.25) is 5.91 Å². The van der Waals surface area contributed by atoms with Crippen LogP contribution in [-0.4, -0.2) is 35.6 Å². The SMILES string of the molecule is CC12CC(=O)[C@H]3C(CC=C4N(Cc5ccc(Br)cc5)C(=O)CC[C@@]43C)[C@@H]1CCC21OCCO1. The number of ketones is 1. The number of amides is 1. The standard InChI is InChI=1S/C27H32BrNO4/c1-25-11-10-23(31)29(16-17-3-5-18(28)6-4-17)22(25)8-7-19-20-9-12-27(32-13-14-33-27)26(20,2)15-21(30)24(19)25/h3-6,8,19-20,24H,7,9-16H2,1-2H3/t19?,20-,24+,25-,26?/m0/s1. The van der Waals surface area contributed by atoms with Crippen molar-refractivity contribution < 1.29 is 19.1 Å². The second-order valence-electron chi connectivity index (χ2n) is 11.1. The van der Waals surface area contributed by atoms with Crippen LogP contribution >= 0.6 is 15.9 Å². The molecule has 5 nitrogen and oxygen atoms in total. The lowest BCUT2D eigenvalue weighted by molar-refractivity contribution is -0.238. The number of piperidine rings is 1. The van der Waals surface area contributed by atoms with E-state index in [-0.39, 0.29) is 22.7 Å². The predicted molar refractivity (Wildman–Crippen MR) is 127 cm³/mol. The first-order valence-electron chi connectivity index (χ1n) is 12.3. The summed E-state index contributed by atoms with van der Waals surface area (Å²) in [4.78, 5) is 28.9. The molecule has 0 N–H and O–H groups in total. The Labute approximate surface area is 204 Å². The second-order valence-corrected chi connectivity index (χ2v) is 12.1. The molecule has 176 valence electrons. The van der Waals surface area contributed by atoms with E-state index in [2.05, 4.69) is 48.0 Å². The Kier molecular flexibility index (Phi) is 5.00. The van der Waals surface area contributed by atoms with E-state index in [0.29, 0.717) is 50.2 Å². The van der Waals surface area contributed by atoms with Gasteiger partial charge in [0.25, 0.3) is 0 Å². The number of benzene rings is 1. The van der Waals surface area contributed by atoms with Crippen LogP contribution in [0.4, 0.5) is 0 Å². The summed E-state index contributed by atoms with van der Waals surface area (Å²) in [6, 6.07) is 8.16. The van der Waals surface area contributed by atoms with Gasteiger partial charge in [-0.3, -0.25) is 9.59 Å². The van der Waals surface area contributed by atoms with Gasteiger partial charge < -0.3 is 14.4 Å². The summed E-state index contributed by atoms with van der Waals surface area (Å²) < 4.78 is 13.4. The number of hydrogen-bond acceptors (Lipinski definition) is 4. The number of ether oxygens (including phenoxy) is 2. The number of carbonyl (C=O) groups is 2. The van der Waals surface area contributed by atoms with Crippen LogP contribution in [0.25, 0.3) is 0 Å². The van der Waals surface area contributed by atoms with E-state index >= 15 is 0 Å².